The Morgan fingerprint density at radius 2 is 1.68 bits per heavy atom. The number of aryl methyl sites for hydroxylation is 1. The molecule has 3 heteroatoms. The molecule has 1 aromatic heterocycles. The lowest BCUT2D eigenvalue weighted by molar-refractivity contribution is -0.145. The van der Waals surface area contributed by atoms with E-state index in [0.29, 0.717) is 16.2 Å². The van der Waals surface area contributed by atoms with Gasteiger partial charge in [0, 0.05) is 13.0 Å². The van der Waals surface area contributed by atoms with Crippen molar-refractivity contribution < 1.29 is 0 Å². The molecule has 0 spiro atoms. The first-order chi connectivity index (χ1) is 11.8. The maximum Gasteiger partial charge on any atom is 0.133 e. The van der Waals surface area contributed by atoms with Crippen molar-refractivity contribution in [3.63, 3.8) is 0 Å². The summed E-state index contributed by atoms with van der Waals surface area (Å²) >= 11 is 0. The molecule has 4 bridgehead atoms. The molecule has 1 aromatic rings. The van der Waals surface area contributed by atoms with Crippen LogP contribution in [0.2, 0.25) is 0 Å². The van der Waals surface area contributed by atoms with E-state index in [2.05, 4.69) is 42.5 Å². The van der Waals surface area contributed by atoms with Gasteiger partial charge in [-0.15, -0.1) is 10.2 Å². The van der Waals surface area contributed by atoms with Crippen LogP contribution in [0.3, 0.4) is 0 Å². The molecule has 0 amide bonds. The second kappa shape index (κ2) is 6.09. The van der Waals surface area contributed by atoms with Gasteiger partial charge in [0.25, 0.3) is 0 Å². The highest BCUT2D eigenvalue weighted by molar-refractivity contribution is 5.13. The van der Waals surface area contributed by atoms with Crippen LogP contribution in [0.4, 0.5) is 0 Å². The third kappa shape index (κ3) is 3.28. The quantitative estimate of drug-likeness (QED) is 0.594. The van der Waals surface area contributed by atoms with Crippen LogP contribution in [0.15, 0.2) is 0 Å². The molecule has 2 unspecified atom stereocenters. The first-order valence-electron chi connectivity index (χ1n) is 10.7. The maximum absolute atomic E-state index is 4.65. The fourth-order valence-corrected chi connectivity index (χ4v) is 7.76. The van der Waals surface area contributed by atoms with Crippen molar-refractivity contribution in [2.24, 2.45) is 22.2 Å². The number of hydrogen-bond acceptors (Lipinski definition) is 2. The molecule has 0 aliphatic heterocycles. The highest BCUT2D eigenvalue weighted by atomic mass is 15.3. The van der Waals surface area contributed by atoms with Crippen LogP contribution in [0.5, 0.6) is 0 Å². The Morgan fingerprint density at radius 1 is 0.960 bits per heavy atom. The normalized spacial score (nSPS) is 39.3. The van der Waals surface area contributed by atoms with E-state index < -0.39 is 0 Å². The smallest absolute Gasteiger partial charge is 0.133 e. The molecule has 0 aromatic carbocycles. The minimum Gasteiger partial charge on any atom is -0.315 e. The summed E-state index contributed by atoms with van der Waals surface area (Å²) in [6.45, 7) is 10.7. The Labute approximate surface area is 154 Å². The first-order valence-corrected chi connectivity index (χ1v) is 10.7. The summed E-state index contributed by atoms with van der Waals surface area (Å²) in [5.41, 5.74) is 1.69. The van der Waals surface area contributed by atoms with Crippen molar-refractivity contribution in [2.75, 3.05) is 0 Å². The molecule has 0 saturated heterocycles. The van der Waals surface area contributed by atoms with Gasteiger partial charge in [-0.25, -0.2) is 0 Å². The summed E-state index contributed by atoms with van der Waals surface area (Å²) < 4.78 is 2.44. The summed E-state index contributed by atoms with van der Waals surface area (Å²) in [5.74, 6) is 3.37. The van der Waals surface area contributed by atoms with E-state index in [1.807, 2.05) is 0 Å². The van der Waals surface area contributed by atoms with Crippen LogP contribution in [0.25, 0.3) is 0 Å². The topological polar surface area (TPSA) is 30.7 Å². The molecule has 0 N–H and O–H groups in total. The van der Waals surface area contributed by atoms with Crippen molar-refractivity contribution in [2.45, 2.75) is 105 Å². The standard InChI is InChI=1S/C22H37N3/c1-5-6-7-8-9-25-17(2)23-24-19(25)13-22-12-18-10-20(3,15-22)14-21(4,11-18)16-22/h18H,5-16H2,1-4H3. The first kappa shape index (κ1) is 17.5. The third-order valence-electron chi connectivity index (χ3n) is 7.52. The van der Waals surface area contributed by atoms with E-state index in [1.54, 1.807) is 0 Å². The minimum atomic E-state index is 0.504. The van der Waals surface area contributed by atoms with Crippen LogP contribution < -0.4 is 0 Å². The Hall–Kier alpha value is -0.860. The van der Waals surface area contributed by atoms with E-state index in [-0.39, 0.29) is 0 Å². The lowest BCUT2D eigenvalue weighted by atomic mass is 9.40. The van der Waals surface area contributed by atoms with Crippen molar-refractivity contribution in [1.82, 2.24) is 14.8 Å². The second-order valence-corrected chi connectivity index (χ2v) is 10.7. The zero-order valence-electron chi connectivity index (χ0n) is 16.9. The number of rotatable bonds is 7. The van der Waals surface area contributed by atoms with Crippen molar-refractivity contribution in [1.29, 1.82) is 0 Å². The Balaban J connectivity index is 1.53. The molecule has 1 heterocycles. The van der Waals surface area contributed by atoms with E-state index >= 15 is 0 Å². The highest BCUT2D eigenvalue weighted by Crippen LogP contribution is 2.70. The number of hydrogen-bond donors (Lipinski definition) is 0. The van der Waals surface area contributed by atoms with E-state index in [0.717, 1.165) is 18.3 Å². The van der Waals surface area contributed by atoms with Gasteiger partial charge in [-0.3, -0.25) is 0 Å². The number of unbranched alkanes of at least 4 members (excludes halogenated alkanes) is 3. The van der Waals surface area contributed by atoms with Crippen molar-refractivity contribution in [3.05, 3.63) is 11.6 Å². The second-order valence-electron chi connectivity index (χ2n) is 10.7. The zero-order chi connectivity index (χ0) is 17.7. The zero-order valence-corrected chi connectivity index (χ0v) is 16.9. The van der Waals surface area contributed by atoms with Crippen LogP contribution >= 0.6 is 0 Å². The fourth-order valence-electron chi connectivity index (χ4n) is 7.76. The summed E-state index contributed by atoms with van der Waals surface area (Å²) in [5, 5.41) is 9.11. The molecule has 0 radical (unpaired) electrons. The monoisotopic (exact) mass is 343 g/mol. The SMILES string of the molecule is CCCCCCn1c(C)nnc1CC12CC3CC(C)(CC(C)(C3)C1)C2. The Morgan fingerprint density at radius 3 is 2.32 bits per heavy atom. The summed E-state index contributed by atoms with van der Waals surface area (Å²) in [7, 11) is 0. The van der Waals surface area contributed by atoms with Crippen molar-refractivity contribution in [3.8, 4) is 0 Å². The lowest BCUT2D eigenvalue weighted by Gasteiger charge is -2.65. The van der Waals surface area contributed by atoms with E-state index in [4.69, 9.17) is 0 Å². The molecule has 4 aliphatic rings. The number of aromatic nitrogens is 3. The molecule has 25 heavy (non-hydrogen) atoms. The summed E-state index contributed by atoms with van der Waals surface area (Å²) in [6, 6.07) is 0. The molecule has 4 saturated carbocycles. The minimum absolute atomic E-state index is 0.504. The summed E-state index contributed by atoms with van der Waals surface area (Å²) in [6.07, 6.45) is 15.1. The molecule has 4 fully saturated rings. The molecular formula is C22H37N3. The van der Waals surface area contributed by atoms with Gasteiger partial charge in [0.05, 0.1) is 0 Å². The molecule has 5 rings (SSSR count). The highest BCUT2D eigenvalue weighted by Gasteiger charge is 2.60. The average molecular weight is 344 g/mol. The molecule has 4 aliphatic carbocycles. The molecular weight excluding hydrogens is 306 g/mol. The van der Waals surface area contributed by atoms with Crippen LogP contribution in [0, 0.1) is 29.1 Å². The molecule has 3 nitrogen and oxygen atoms in total. The van der Waals surface area contributed by atoms with Gasteiger partial charge >= 0.3 is 0 Å². The Kier molecular flexibility index (Phi) is 4.28. The summed E-state index contributed by atoms with van der Waals surface area (Å²) in [4.78, 5) is 0. The van der Waals surface area contributed by atoms with Gasteiger partial charge in [0.1, 0.15) is 11.6 Å². The number of nitrogens with zero attached hydrogens (tertiary/aromatic N) is 3. The van der Waals surface area contributed by atoms with Gasteiger partial charge in [-0.05, 0) is 74.0 Å². The van der Waals surface area contributed by atoms with Gasteiger partial charge in [0.15, 0.2) is 0 Å². The van der Waals surface area contributed by atoms with Crippen LogP contribution in [0.1, 0.15) is 96.6 Å². The third-order valence-corrected chi connectivity index (χ3v) is 7.52. The van der Waals surface area contributed by atoms with Crippen LogP contribution in [-0.2, 0) is 13.0 Å². The van der Waals surface area contributed by atoms with Gasteiger partial charge in [0.2, 0.25) is 0 Å². The molecule has 2 atom stereocenters. The molecule has 140 valence electrons. The predicted octanol–water partition coefficient (Wildman–Crippen LogP) is 5.71. The lowest BCUT2D eigenvalue weighted by Crippen LogP contribution is -2.55. The largest absolute Gasteiger partial charge is 0.315 e. The maximum atomic E-state index is 4.65. The van der Waals surface area contributed by atoms with E-state index in [9.17, 15) is 0 Å². The Bertz CT molecular complexity index is 613. The van der Waals surface area contributed by atoms with Gasteiger partial charge < -0.3 is 4.57 Å². The van der Waals surface area contributed by atoms with Gasteiger partial charge in [-0.2, -0.15) is 0 Å². The average Bonchev–Trinajstić information content (AvgIpc) is 2.80. The van der Waals surface area contributed by atoms with E-state index in [1.165, 1.54) is 76.5 Å². The van der Waals surface area contributed by atoms with Crippen LogP contribution in [-0.4, -0.2) is 14.8 Å². The van der Waals surface area contributed by atoms with Gasteiger partial charge in [-0.1, -0.05) is 40.0 Å². The van der Waals surface area contributed by atoms with Crippen molar-refractivity contribution >= 4 is 0 Å². The fraction of sp³-hybridized carbons (Fsp3) is 0.909. The predicted molar refractivity (Wildman–Crippen MR) is 102 cm³/mol.